The average molecular weight is 386 g/mol. The van der Waals surface area contributed by atoms with Crippen LogP contribution in [-0.2, 0) is 12.0 Å². The van der Waals surface area contributed by atoms with Gasteiger partial charge in [0.1, 0.15) is 12.9 Å². The number of ether oxygens (including phenoxy) is 1. The van der Waals surface area contributed by atoms with Crippen LogP contribution >= 0.6 is 0 Å². The van der Waals surface area contributed by atoms with Gasteiger partial charge in [-0.15, -0.1) is 15.3 Å². The first-order chi connectivity index (χ1) is 13.7. The van der Waals surface area contributed by atoms with E-state index in [-0.39, 0.29) is 5.41 Å². The van der Waals surface area contributed by atoms with Crippen LogP contribution in [0.2, 0.25) is 0 Å². The summed E-state index contributed by atoms with van der Waals surface area (Å²) in [5.41, 5.74) is 2.16. The molecule has 0 radical (unpaired) electrons. The van der Waals surface area contributed by atoms with Crippen molar-refractivity contribution in [1.82, 2.24) is 35.0 Å². The molecule has 0 aliphatic heterocycles. The maximum atomic E-state index is 6.05. The number of nitrogens with zero attached hydrogens (tertiary/aromatic N) is 6. The van der Waals surface area contributed by atoms with E-state index in [0.717, 1.165) is 17.4 Å². The Kier molecular flexibility index (Phi) is 6.26. The van der Waals surface area contributed by atoms with Gasteiger partial charge in [0.2, 0.25) is 5.88 Å². The maximum absolute atomic E-state index is 6.05. The van der Waals surface area contributed by atoms with Gasteiger partial charge in [0.25, 0.3) is 0 Å². The number of aryl methyl sites for hydroxylation is 1. The Morgan fingerprint density at radius 3 is 2.54 bits per heavy atom. The molecule has 8 nitrogen and oxygen atoms in total. The summed E-state index contributed by atoms with van der Waals surface area (Å²) in [5.74, 6) is 2.97. The summed E-state index contributed by atoms with van der Waals surface area (Å²) < 4.78 is 7.80. The molecule has 0 amide bonds. The molecule has 5 rings (SSSR count). The average Bonchev–Trinajstić information content (AvgIpc) is 3.55. The normalized spacial score (nSPS) is 22.4. The minimum Gasteiger partial charge on any atom is -0.468 e. The van der Waals surface area contributed by atoms with Gasteiger partial charge in [0.15, 0.2) is 17.3 Å². The third-order valence-electron chi connectivity index (χ3n) is 5.64. The number of H-pyrrole nitrogens is 1. The summed E-state index contributed by atoms with van der Waals surface area (Å²) in [6, 6.07) is 2.12. The van der Waals surface area contributed by atoms with E-state index in [1.165, 1.54) is 44.0 Å². The highest BCUT2D eigenvalue weighted by atomic mass is 16.5. The Morgan fingerprint density at radius 2 is 1.93 bits per heavy atom. The van der Waals surface area contributed by atoms with Crippen LogP contribution in [0.1, 0.15) is 77.0 Å². The van der Waals surface area contributed by atoms with Crippen molar-refractivity contribution in [3.05, 3.63) is 29.6 Å². The van der Waals surface area contributed by atoms with Crippen molar-refractivity contribution in [2.75, 3.05) is 0 Å². The van der Waals surface area contributed by atoms with Crippen molar-refractivity contribution >= 4 is 5.65 Å². The van der Waals surface area contributed by atoms with Gasteiger partial charge in [0.05, 0.1) is 0 Å². The molecule has 0 aromatic carbocycles. The van der Waals surface area contributed by atoms with Crippen molar-refractivity contribution in [2.45, 2.75) is 78.7 Å². The van der Waals surface area contributed by atoms with Gasteiger partial charge in [-0.2, -0.15) is 9.61 Å². The van der Waals surface area contributed by atoms with Gasteiger partial charge in [-0.3, -0.25) is 5.10 Å². The molecule has 3 aromatic rings. The second-order valence-corrected chi connectivity index (χ2v) is 7.03. The largest absolute Gasteiger partial charge is 0.468 e. The fourth-order valence-electron chi connectivity index (χ4n) is 4.42. The number of hydrogen-bond donors (Lipinski definition) is 1. The van der Waals surface area contributed by atoms with Crippen LogP contribution in [0.3, 0.4) is 0 Å². The molecule has 0 spiro atoms. The van der Waals surface area contributed by atoms with E-state index < -0.39 is 0 Å². The van der Waals surface area contributed by atoms with E-state index >= 15 is 0 Å². The summed E-state index contributed by atoms with van der Waals surface area (Å²) >= 11 is 0. The molecule has 2 aliphatic rings. The van der Waals surface area contributed by atoms with E-state index in [2.05, 4.69) is 31.4 Å². The lowest BCUT2D eigenvalue weighted by atomic mass is 9.78. The first kappa shape index (κ1) is 20.2. The quantitative estimate of drug-likeness (QED) is 0.729. The van der Waals surface area contributed by atoms with Crippen LogP contribution in [-0.4, -0.2) is 35.0 Å². The van der Waals surface area contributed by atoms with Crippen LogP contribution in [0.5, 0.6) is 5.88 Å². The van der Waals surface area contributed by atoms with Crippen molar-refractivity contribution in [1.29, 1.82) is 0 Å². The molecule has 2 bridgehead atoms. The number of aromatic amines is 1. The molecule has 152 valence electrons. The maximum Gasteiger partial charge on any atom is 0.236 e. The predicted octanol–water partition coefficient (Wildman–Crippen LogP) is 4.01. The van der Waals surface area contributed by atoms with E-state index in [1.807, 2.05) is 34.6 Å². The lowest BCUT2D eigenvalue weighted by Crippen LogP contribution is -2.22. The number of aromatic nitrogens is 7. The summed E-state index contributed by atoms with van der Waals surface area (Å²) in [6.45, 7) is 10.2. The highest BCUT2D eigenvalue weighted by Gasteiger charge is 2.48. The Hall–Kier alpha value is -2.51. The molecule has 28 heavy (non-hydrogen) atoms. The Balaban J connectivity index is 0.000000531. The summed E-state index contributed by atoms with van der Waals surface area (Å²) in [6.07, 6.45) is 7.74. The fourth-order valence-corrected chi connectivity index (χ4v) is 4.42. The van der Waals surface area contributed by atoms with Crippen LogP contribution in [0.15, 0.2) is 12.4 Å². The molecule has 3 aromatic heterocycles. The zero-order chi connectivity index (χ0) is 20.1. The van der Waals surface area contributed by atoms with Crippen molar-refractivity contribution in [3.63, 3.8) is 0 Å². The SMILES string of the molecule is CC.CC.Cc1nnc2cc(C34CCC(CC3)C4)c(OCc3ncn[nH]3)nn12. The summed E-state index contributed by atoms with van der Waals surface area (Å²) in [4.78, 5) is 4.12. The van der Waals surface area contributed by atoms with E-state index in [1.54, 1.807) is 4.52 Å². The van der Waals surface area contributed by atoms with E-state index in [4.69, 9.17) is 9.84 Å². The van der Waals surface area contributed by atoms with Crippen LogP contribution in [0, 0.1) is 12.8 Å². The third kappa shape index (κ3) is 3.59. The zero-order valence-corrected chi connectivity index (χ0v) is 17.6. The lowest BCUT2D eigenvalue weighted by molar-refractivity contribution is 0.266. The zero-order valence-electron chi connectivity index (χ0n) is 17.6. The molecule has 2 saturated carbocycles. The van der Waals surface area contributed by atoms with E-state index in [0.29, 0.717) is 18.3 Å². The first-order valence-corrected chi connectivity index (χ1v) is 10.4. The van der Waals surface area contributed by atoms with Crippen molar-refractivity contribution in [2.24, 2.45) is 5.92 Å². The minimum absolute atomic E-state index is 0.190. The van der Waals surface area contributed by atoms with E-state index in [9.17, 15) is 0 Å². The van der Waals surface area contributed by atoms with Gasteiger partial charge in [-0.05, 0) is 51.0 Å². The number of rotatable bonds is 4. The van der Waals surface area contributed by atoms with Crippen LogP contribution < -0.4 is 4.74 Å². The van der Waals surface area contributed by atoms with Crippen molar-refractivity contribution < 1.29 is 4.74 Å². The Bertz CT molecular complexity index is 879. The second-order valence-electron chi connectivity index (χ2n) is 7.03. The topological polar surface area (TPSA) is 93.9 Å². The van der Waals surface area contributed by atoms with Gasteiger partial charge in [-0.1, -0.05) is 27.7 Å². The molecular formula is C20H31N7O. The third-order valence-corrected chi connectivity index (χ3v) is 5.64. The van der Waals surface area contributed by atoms with Crippen LogP contribution in [0.4, 0.5) is 0 Å². The fraction of sp³-hybridized carbons (Fsp3) is 0.650. The number of hydrogen-bond acceptors (Lipinski definition) is 6. The molecule has 3 heterocycles. The molecule has 0 atom stereocenters. The molecule has 8 heteroatoms. The molecular weight excluding hydrogens is 354 g/mol. The molecule has 1 N–H and O–H groups in total. The van der Waals surface area contributed by atoms with Gasteiger partial charge >= 0.3 is 0 Å². The van der Waals surface area contributed by atoms with Crippen molar-refractivity contribution in [3.8, 4) is 5.88 Å². The molecule has 0 unspecified atom stereocenters. The second kappa shape index (κ2) is 8.67. The minimum atomic E-state index is 0.190. The van der Waals surface area contributed by atoms with Gasteiger partial charge in [-0.25, -0.2) is 4.98 Å². The summed E-state index contributed by atoms with van der Waals surface area (Å²) in [7, 11) is 0. The monoisotopic (exact) mass is 385 g/mol. The first-order valence-electron chi connectivity index (χ1n) is 10.4. The highest BCUT2D eigenvalue weighted by molar-refractivity contribution is 5.48. The van der Waals surface area contributed by atoms with Gasteiger partial charge < -0.3 is 4.74 Å². The lowest BCUT2D eigenvalue weighted by Gasteiger charge is -2.28. The molecule has 2 fully saturated rings. The number of nitrogens with one attached hydrogen (secondary N) is 1. The summed E-state index contributed by atoms with van der Waals surface area (Å²) in [5, 5.41) is 19.8. The predicted molar refractivity (Wildman–Crippen MR) is 107 cm³/mol. The molecule has 2 aliphatic carbocycles. The Labute approximate surface area is 166 Å². The standard InChI is InChI=1S/C16H19N7O.2C2H6/c1-10-19-21-14-6-12(16-4-2-11(7-16)3-5-16)15(22-23(10)14)24-8-13-17-9-18-20-13;2*1-2/h6,9,11H,2-5,7-8H2,1H3,(H,17,18,20);2*1-2H3. The number of fused-ring (bicyclic) bond motifs is 3. The van der Waals surface area contributed by atoms with Crippen LogP contribution in [0.25, 0.3) is 5.65 Å². The molecule has 0 saturated heterocycles. The smallest absolute Gasteiger partial charge is 0.236 e. The van der Waals surface area contributed by atoms with Gasteiger partial charge in [0, 0.05) is 11.0 Å². The highest BCUT2D eigenvalue weighted by Crippen LogP contribution is 2.57. The Morgan fingerprint density at radius 1 is 1.18 bits per heavy atom.